The number of rotatable bonds is 8. The van der Waals surface area contributed by atoms with Gasteiger partial charge in [-0.25, -0.2) is 9.38 Å². The normalized spacial score (nSPS) is 22.3. The highest BCUT2D eigenvalue weighted by atomic mass is 19.1. The van der Waals surface area contributed by atoms with Crippen LogP contribution in [0.1, 0.15) is 33.1 Å². The maximum absolute atomic E-state index is 13.2. The number of benzene rings is 1. The van der Waals surface area contributed by atoms with Crippen molar-refractivity contribution in [1.82, 2.24) is 15.5 Å². The Morgan fingerprint density at radius 1 is 1.35 bits per heavy atom. The number of nitrogens with one attached hydrogen (secondary N) is 2. The molecule has 1 aromatic rings. The molecule has 1 aliphatic carbocycles. The lowest BCUT2D eigenvalue weighted by molar-refractivity contribution is 0.229. The van der Waals surface area contributed by atoms with E-state index in [4.69, 9.17) is 4.74 Å². The average molecular weight is 362 g/mol. The van der Waals surface area contributed by atoms with Crippen molar-refractivity contribution in [2.24, 2.45) is 10.9 Å². The summed E-state index contributed by atoms with van der Waals surface area (Å²) in [5, 5.41) is 6.76. The van der Waals surface area contributed by atoms with Crippen LogP contribution in [0.3, 0.4) is 0 Å². The smallest absolute Gasteiger partial charge is 0.191 e. The predicted molar refractivity (Wildman–Crippen MR) is 103 cm³/mol. The van der Waals surface area contributed by atoms with Gasteiger partial charge in [-0.3, -0.25) is 0 Å². The van der Waals surface area contributed by atoms with Crippen LogP contribution in [-0.4, -0.2) is 55.7 Å². The van der Waals surface area contributed by atoms with Gasteiger partial charge in [0.2, 0.25) is 0 Å². The first-order valence-electron chi connectivity index (χ1n) is 9.82. The van der Waals surface area contributed by atoms with Crippen molar-refractivity contribution in [3.63, 3.8) is 0 Å². The van der Waals surface area contributed by atoms with Gasteiger partial charge in [-0.2, -0.15) is 0 Å². The molecule has 0 aromatic heterocycles. The number of hydrogen-bond acceptors (Lipinski definition) is 3. The van der Waals surface area contributed by atoms with Crippen molar-refractivity contribution >= 4 is 5.96 Å². The van der Waals surface area contributed by atoms with Crippen molar-refractivity contribution in [2.45, 2.75) is 45.3 Å². The summed E-state index contributed by atoms with van der Waals surface area (Å²) < 4.78 is 19.0. The molecule has 0 radical (unpaired) electrons. The summed E-state index contributed by atoms with van der Waals surface area (Å²) in [6.07, 6.45) is 3.91. The van der Waals surface area contributed by atoms with E-state index in [1.54, 1.807) is 12.1 Å². The van der Waals surface area contributed by atoms with Crippen LogP contribution in [0.25, 0.3) is 0 Å². The standard InChI is InChI=1S/C20H31FN4O/c1-3-22-20(24-13-16-9-10-25(14-16)18-7-8-18)23-12-15(2)26-19-6-4-5-17(21)11-19/h4-6,11,15-16,18H,3,7-10,12-14H2,1-2H3,(H2,22,23,24). The van der Waals surface area contributed by atoms with Crippen LogP contribution in [0.2, 0.25) is 0 Å². The summed E-state index contributed by atoms with van der Waals surface area (Å²) in [6.45, 7) is 8.75. The minimum Gasteiger partial charge on any atom is -0.489 e. The monoisotopic (exact) mass is 362 g/mol. The third-order valence-corrected chi connectivity index (χ3v) is 4.92. The molecule has 144 valence electrons. The molecule has 3 rings (SSSR count). The van der Waals surface area contributed by atoms with Crippen LogP contribution < -0.4 is 15.4 Å². The molecule has 6 heteroatoms. The molecule has 1 heterocycles. The summed E-state index contributed by atoms with van der Waals surface area (Å²) in [7, 11) is 0. The fraction of sp³-hybridized carbons (Fsp3) is 0.650. The molecule has 2 fully saturated rings. The van der Waals surface area contributed by atoms with E-state index >= 15 is 0 Å². The Balaban J connectivity index is 1.43. The van der Waals surface area contributed by atoms with E-state index in [2.05, 4.69) is 27.4 Å². The second kappa shape index (κ2) is 9.21. The Morgan fingerprint density at radius 2 is 2.19 bits per heavy atom. The first-order valence-corrected chi connectivity index (χ1v) is 9.82. The Kier molecular flexibility index (Phi) is 6.72. The van der Waals surface area contributed by atoms with Crippen LogP contribution in [-0.2, 0) is 0 Å². The van der Waals surface area contributed by atoms with Crippen LogP contribution >= 0.6 is 0 Å². The molecule has 1 aromatic carbocycles. The molecule has 2 atom stereocenters. The first-order chi connectivity index (χ1) is 12.6. The number of halogens is 1. The van der Waals surface area contributed by atoms with Gasteiger partial charge in [0.25, 0.3) is 0 Å². The molecular weight excluding hydrogens is 331 g/mol. The molecule has 0 spiro atoms. The molecule has 1 saturated heterocycles. The topological polar surface area (TPSA) is 48.9 Å². The summed E-state index contributed by atoms with van der Waals surface area (Å²) >= 11 is 0. The SMILES string of the molecule is CCNC(=NCC(C)Oc1cccc(F)c1)NCC1CCN(C2CC2)C1. The lowest BCUT2D eigenvalue weighted by Gasteiger charge is -2.18. The van der Waals surface area contributed by atoms with E-state index in [0.29, 0.717) is 18.2 Å². The molecule has 1 aliphatic heterocycles. The van der Waals surface area contributed by atoms with Crippen molar-refractivity contribution in [3.8, 4) is 5.75 Å². The Hall–Kier alpha value is -1.82. The maximum atomic E-state index is 13.2. The second-order valence-electron chi connectivity index (χ2n) is 7.37. The molecule has 0 bridgehead atoms. The summed E-state index contributed by atoms with van der Waals surface area (Å²) in [5.41, 5.74) is 0. The van der Waals surface area contributed by atoms with E-state index in [1.807, 2.05) is 6.92 Å². The molecule has 0 amide bonds. The number of nitrogens with zero attached hydrogens (tertiary/aromatic N) is 2. The minimum absolute atomic E-state index is 0.121. The molecule has 26 heavy (non-hydrogen) atoms. The quantitative estimate of drug-likeness (QED) is 0.551. The van der Waals surface area contributed by atoms with Crippen LogP contribution in [0.5, 0.6) is 5.75 Å². The van der Waals surface area contributed by atoms with E-state index in [0.717, 1.165) is 25.1 Å². The number of hydrogen-bond donors (Lipinski definition) is 2. The molecule has 5 nitrogen and oxygen atoms in total. The summed E-state index contributed by atoms with van der Waals surface area (Å²) in [4.78, 5) is 7.25. The zero-order valence-corrected chi connectivity index (χ0v) is 15.9. The average Bonchev–Trinajstić information content (AvgIpc) is 3.36. The van der Waals surface area contributed by atoms with E-state index in [1.165, 1.54) is 44.5 Å². The van der Waals surface area contributed by atoms with E-state index in [9.17, 15) is 4.39 Å². The van der Waals surface area contributed by atoms with Gasteiger partial charge in [0.1, 0.15) is 17.7 Å². The largest absolute Gasteiger partial charge is 0.489 e. The third kappa shape index (κ3) is 5.87. The van der Waals surface area contributed by atoms with Crippen molar-refractivity contribution < 1.29 is 9.13 Å². The molecule has 2 unspecified atom stereocenters. The van der Waals surface area contributed by atoms with Gasteiger partial charge >= 0.3 is 0 Å². The van der Waals surface area contributed by atoms with E-state index < -0.39 is 0 Å². The number of aliphatic imine (C=N–C) groups is 1. The number of likely N-dealkylation sites (tertiary alicyclic amines) is 1. The van der Waals surface area contributed by atoms with Crippen LogP contribution in [0, 0.1) is 11.7 Å². The second-order valence-corrected chi connectivity index (χ2v) is 7.37. The number of guanidine groups is 1. The van der Waals surface area contributed by atoms with Gasteiger partial charge in [0, 0.05) is 31.7 Å². The highest BCUT2D eigenvalue weighted by molar-refractivity contribution is 5.79. The van der Waals surface area contributed by atoms with Crippen LogP contribution in [0.4, 0.5) is 4.39 Å². The molecule has 1 saturated carbocycles. The highest BCUT2D eigenvalue weighted by Gasteiger charge is 2.34. The van der Waals surface area contributed by atoms with Gasteiger partial charge < -0.3 is 20.3 Å². The number of ether oxygens (including phenoxy) is 1. The molecular formula is C20H31FN4O. The summed E-state index contributed by atoms with van der Waals surface area (Å²) in [6, 6.07) is 7.09. The van der Waals surface area contributed by atoms with Crippen molar-refractivity contribution in [3.05, 3.63) is 30.1 Å². The van der Waals surface area contributed by atoms with Crippen LogP contribution in [0.15, 0.2) is 29.3 Å². The van der Waals surface area contributed by atoms with Crippen molar-refractivity contribution in [2.75, 3.05) is 32.7 Å². The van der Waals surface area contributed by atoms with Gasteiger partial charge in [0.05, 0.1) is 6.54 Å². The minimum atomic E-state index is -0.287. The lowest BCUT2D eigenvalue weighted by Crippen LogP contribution is -2.41. The Labute approximate surface area is 156 Å². The first kappa shape index (κ1) is 19.0. The lowest BCUT2D eigenvalue weighted by atomic mass is 10.1. The van der Waals surface area contributed by atoms with E-state index in [-0.39, 0.29) is 11.9 Å². The Morgan fingerprint density at radius 3 is 2.92 bits per heavy atom. The molecule has 2 aliphatic rings. The highest BCUT2D eigenvalue weighted by Crippen LogP contribution is 2.31. The van der Waals surface area contributed by atoms with Gasteiger partial charge in [-0.1, -0.05) is 6.07 Å². The van der Waals surface area contributed by atoms with Gasteiger partial charge in [-0.15, -0.1) is 0 Å². The predicted octanol–water partition coefficient (Wildman–Crippen LogP) is 2.63. The third-order valence-electron chi connectivity index (χ3n) is 4.92. The fourth-order valence-electron chi connectivity index (χ4n) is 3.41. The zero-order valence-electron chi connectivity index (χ0n) is 15.9. The molecule has 2 N–H and O–H groups in total. The summed E-state index contributed by atoms with van der Waals surface area (Å²) in [5.74, 6) is 1.77. The zero-order chi connectivity index (χ0) is 18.4. The van der Waals surface area contributed by atoms with Crippen molar-refractivity contribution in [1.29, 1.82) is 0 Å². The van der Waals surface area contributed by atoms with Gasteiger partial charge in [-0.05, 0) is 57.7 Å². The van der Waals surface area contributed by atoms with Gasteiger partial charge in [0.15, 0.2) is 5.96 Å². The maximum Gasteiger partial charge on any atom is 0.191 e. The fourth-order valence-corrected chi connectivity index (χ4v) is 3.41. The Bertz CT molecular complexity index is 605.